The summed E-state index contributed by atoms with van der Waals surface area (Å²) in [5.74, 6) is 3.86. The van der Waals surface area contributed by atoms with E-state index in [4.69, 9.17) is 4.74 Å². The van der Waals surface area contributed by atoms with Crippen molar-refractivity contribution >= 4 is 0 Å². The Hall–Kier alpha value is -2.09. The van der Waals surface area contributed by atoms with E-state index in [1.165, 1.54) is 56.9 Å². The molecule has 0 radical (unpaired) electrons. The van der Waals surface area contributed by atoms with E-state index in [0.717, 1.165) is 29.1 Å². The van der Waals surface area contributed by atoms with E-state index in [9.17, 15) is 4.39 Å². The maximum atomic E-state index is 15.0. The van der Waals surface area contributed by atoms with Crippen molar-refractivity contribution in [3.8, 4) is 16.9 Å². The zero-order chi connectivity index (χ0) is 20.9. The first kappa shape index (κ1) is 21.2. The number of hydrogen-bond donors (Lipinski definition) is 0. The fourth-order valence-corrected chi connectivity index (χ4v) is 5.84. The SMILES string of the molecule is C/C=C/CCC1CCC2CC(c3ccc(-c4ccc(OC)cc4)c(F)c3)CCC2C1. The summed E-state index contributed by atoms with van der Waals surface area (Å²) in [6, 6.07) is 13.6. The number of benzene rings is 2. The van der Waals surface area contributed by atoms with Crippen molar-refractivity contribution in [2.75, 3.05) is 7.11 Å². The second kappa shape index (κ2) is 9.81. The third-order valence-electron chi connectivity index (χ3n) is 7.56. The first-order chi connectivity index (χ1) is 14.7. The number of fused-ring (bicyclic) bond motifs is 1. The van der Waals surface area contributed by atoms with Crippen LogP contribution < -0.4 is 4.74 Å². The number of rotatable bonds is 6. The molecule has 2 aliphatic rings. The fraction of sp³-hybridized carbons (Fsp3) is 0.500. The topological polar surface area (TPSA) is 9.23 Å². The number of hydrogen-bond acceptors (Lipinski definition) is 1. The van der Waals surface area contributed by atoms with Crippen molar-refractivity contribution in [3.63, 3.8) is 0 Å². The van der Waals surface area contributed by atoms with E-state index in [2.05, 4.69) is 25.1 Å². The molecule has 160 valence electrons. The molecule has 0 aromatic heterocycles. The van der Waals surface area contributed by atoms with Crippen molar-refractivity contribution in [2.45, 2.75) is 64.2 Å². The van der Waals surface area contributed by atoms with E-state index < -0.39 is 0 Å². The summed E-state index contributed by atoms with van der Waals surface area (Å²) in [5.41, 5.74) is 2.77. The van der Waals surface area contributed by atoms with Gasteiger partial charge in [0.15, 0.2) is 0 Å². The van der Waals surface area contributed by atoms with Crippen LogP contribution in [0.15, 0.2) is 54.6 Å². The molecule has 4 atom stereocenters. The van der Waals surface area contributed by atoms with E-state index in [1.807, 2.05) is 30.3 Å². The number of methoxy groups -OCH3 is 1. The fourth-order valence-electron chi connectivity index (χ4n) is 5.84. The van der Waals surface area contributed by atoms with Gasteiger partial charge in [-0.15, -0.1) is 0 Å². The Kier molecular flexibility index (Phi) is 6.92. The quantitative estimate of drug-likeness (QED) is 0.440. The van der Waals surface area contributed by atoms with Crippen LogP contribution in [0, 0.1) is 23.6 Å². The van der Waals surface area contributed by atoms with Gasteiger partial charge in [-0.25, -0.2) is 4.39 Å². The third kappa shape index (κ3) is 4.79. The predicted molar refractivity (Wildman–Crippen MR) is 123 cm³/mol. The Balaban J connectivity index is 1.39. The molecule has 2 heteroatoms. The second-order valence-corrected chi connectivity index (χ2v) is 9.32. The predicted octanol–water partition coefficient (Wildman–Crippen LogP) is 8.16. The highest BCUT2D eigenvalue weighted by molar-refractivity contribution is 5.65. The standard InChI is InChI=1S/C28H35FO/c1-3-4-5-6-20-7-8-23-18-24(10-9-22(23)17-20)25-13-16-27(28(29)19-25)21-11-14-26(30-2)15-12-21/h3-4,11-16,19-20,22-24H,5-10,17-18H2,1-2H3/b4-3+. The summed E-state index contributed by atoms with van der Waals surface area (Å²) in [6.45, 7) is 2.12. The normalized spacial score (nSPS) is 26.5. The Labute approximate surface area is 181 Å². The van der Waals surface area contributed by atoms with E-state index in [0.29, 0.717) is 11.5 Å². The van der Waals surface area contributed by atoms with Crippen LogP contribution in [-0.2, 0) is 0 Å². The largest absolute Gasteiger partial charge is 0.497 e. The van der Waals surface area contributed by atoms with Crippen molar-refractivity contribution < 1.29 is 9.13 Å². The van der Waals surface area contributed by atoms with Crippen LogP contribution in [0.4, 0.5) is 4.39 Å². The van der Waals surface area contributed by atoms with E-state index in [-0.39, 0.29) is 5.82 Å². The molecule has 4 unspecified atom stereocenters. The molecule has 0 bridgehead atoms. The van der Waals surface area contributed by atoms with Crippen LogP contribution in [0.3, 0.4) is 0 Å². The molecule has 4 rings (SSSR count). The maximum Gasteiger partial charge on any atom is 0.131 e. The minimum Gasteiger partial charge on any atom is -0.497 e. The highest BCUT2D eigenvalue weighted by Crippen LogP contribution is 2.48. The number of halogens is 1. The monoisotopic (exact) mass is 406 g/mol. The molecule has 2 saturated carbocycles. The molecule has 0 spiro atoms. The van der Waals surface area contributed by atoms with Crippen LogP contribution in [0.25, 0.3) is 11.1 Å². The lowest BCUT2D eigenvalue weighted by Crippen LogP contribution is -2.30. The van der Waals surface area contributed by atoms with Crippen LogP contribution in [0.1, 0.15) is 69.8 Å². The van der Waals surface area contributed by atoms with E-state index >= 15 is 0 Å². The first-order valence-electron chi connectivity index (χ1n) is 11.7. The molecular weight excluding hydrogens is 371 g/mol. The highest BCUT2D eigenvalue weighted by Gasteiger charge is 2.35. The Bertz CT molecular complexity index is 853. The molecule has 0 saturated heterocycles. The van der Waals surface area contributed by atoms with Gasteiger partial charge in [0.25, 0.3) is 0 Å². The van der Waals surface area contributed by atoms with Gasteiger partial charge in [0, 0.05) is 5.56 Å². The van der Waals surface area contributed by atoms with Crippen LogP contribution in [0.5, 0.6) is 5.75 Å². The van der Waals surface area contributed by atoms with Gasteiger partial charge in [-0.2, -0.15) is 0 Å². The molecule has 1 nitrogen and oxygen atoms in total. The summed E-state index contributed by atoms with van der Waals surface area (Å²) in [5, 5.41) is 0. The van der Waals surface area contributed by atoms with Crippen LogP contribution >= 0.6 is 0 Å². The molecule has 0 heterocycles. The minimum atomic E-state index is -0.104. The van der Waals surface area contributed by atoms with Gasteiger partial charge >= 0.3 is 0 Å². The van der Waals surface area contributed by atoms with Gasteiger partial charge in [-0.05, 0) is 105 Å². The average Bonchev–Trinajstić information content (AvgIpc) is 2.79. The van der Waals surface area contributed by atoms with Crippen LogP contribution in [0.2, 0.25) is 0 Å². The van der Waals surface area contributed by atoms with Crippen molar-refractivity contribution in [2.24, 2.45) is 17.8 Å². The molecule has 0 aliphatic heterocycles. The van der Waals surface area contributed by atoms with Crippen molar-refractivity contribution in [3.05, 3.63) is 66.0 Å². The first-order valence-corrected chi connectivity index (χ1v) is 11.7. The lowest BCUT2D eigenvalue weighted by molar-refractivity contribution is 0.115. The van der Waals surface area contributed by atoms with Gasteiger partial charge in [0.1, 0.15) is 11.6 Å². The lowest BCUT2D eigenvalue weighted by atomic mass is 9.63. The number of allylic oxidation sites excluding steroid dienone is 2. The zero-order valence-corrected chi connectivity index (χ0v) is 18.4. The Morgan fingerprint density at radius 1 is 0.967 bits per heavy atom. The van der Waals surface area contributed by atoms with Gasteiger partial charge < -0.3 is 4.74 Å². The zero-order valence-electron chi connectivity index (χ0n) is 18.4. The van der Waals surface area contributed by atoms with Gasteiger partial charge in [0.05, 0.1) is 7.11 Å². The molecule has 0 amide bonds. The molecule has 30 heavy (non-hydrogen) atoms. The molecule has 2 fully saturated rings. The summed E-state index contributed by atoms with van der Waals surface area (Å²) < 4.78 is 20.2. The summed E-state index contributed by atoms with van der Waals surface area (Å²) >= 11 is 0. The summed E-state index contributed by atoms with van der Waals surface area (Å²) in [7, 11) is 1.65. The number of ether oxygens (including phenoxy) is 1. The third-order valence-corrected chi connectivity index (χ3v) is 7.56. The Morgan fingerprint density at radius 2 is 1.73 bits per heavy atom. The Morgan fingerprint density at radius 3 is 2.47 bits per heavy atom. The molecule has 2 aromatic rings. The van der Waals surface area contributed by atoms with Gasteiger partial charge in [-0.3, -0.25) is 0 Å². The van der Waals surface area contributed by atoms with Crippen molar-refractivity contribution in [1.82, 2.24) is 0 Å². The molecule has 2 aromatic carbocycles. The van der Waals surface area contributed by atoms with Gasteiger partial charge in [0.2, 0.25) is 0 Å². The average molecular weight is 407 g/mol. The summed E-state index contributed by atoms with van der Waals surface area (Å²) in [4.78, 5) is 0. The van der Waals surface area contributed by atoms with E-state index in [1.54, 1.807) is 13.2 Å². The molecule has 2 aliphatic carbocycles. The summed E-state index contributed by atoms with van der Waals surface area (Å²) in [6.07, 6.45) is 15.0. The maximum absolute atomic E-state index is 15.0. The lowest BCUT2D eigenvalue weighted by Gasteiger charge is -2.42. The molecular formula is C28H35FO. The van der Waals surface area contributed by atoms with Crippen molar-refractivity contribution in [1.29, 1.82) is 0 Å². The minimum absolute atomic E-state index is 0.104. The highest BCUT2D eigenvalue weighted by atomic mass is 19.1. The molecule has 0 N–H and O–H groups in total. The second-order valence-electron chi connectivity index (χ2n) is 9.32. The van der Waals surface area contributed by atoms with Gasteiger partial charge in [-0.1, -0.05) is 42.8 Å². The van der Waals surface area contributed by atoms with Crippen LogP contribution in [-0.4, -0.2) is 7.11 Å². The smallest absolute Gasteiger partial charge is 0.131 e.